The van der Waals surface area contributed by atoms with Crippen molar-refractivity contribution in [3.8, 4) is 11.5 Å². The van der Waals surface area contributed by atoms with Crippen LogP contribution in [0.15, 0.2) is 18.2 Å². The first kappa shape index (κ1) is 13.9. The lowest BCUT2D eigenvalue weighted by Crippen LogP contribution is -2.23. The maximum atomic E-state index is 11.7. The van der Waals surface area contributed by atoms with Crippen molar-refractivity contribution in [3.63, 3.8) is 0 Å². The average molecular weight is 264 g/mol. The number of aliphatic hydroxyl groups excluding tert-OH is 1. The molecule has 1 aromatic rings. The van der Waals surface area contributed by atoms with Gasteiger partial charge in [0, 0.05) is 25.5 Å². The van der Waals surface area contributed by atoms with Gasteiger partial charge in [-0.2, -0.15) is 0 Å². The van der Waals surface area contributed by atoms with Crippen LogP contribution in [0.3, 0.4) is 0 Å². The van der Waals surface area contributed by atoms with Gasteiger partial charge in [-0.15, -0.1) is 0 Å². The van der Waals surface area contributed by atoms with Crippen LogP contribution >= 0.6 is 0 Å². The minimum absolute atomic E-state index is 0.00611. The topological polar surface area (TPSA) is 77.8 Å². The predicted molar refractivity (Wildman–Crippen MR) is 71.2 cm³/mol. The first-order valence-electron chi connectivity index (χ1n) is 6.76. The third-order valence-electron chi connectivity index (χ3n) is 3.96. The highest BCUT2D eigenvalue weighted by atomic mass is 16.3. The van der Waals surface area contributed by atoms with E-state index in [-0.39, 0.29) is 29.8 Å². The molecule has 0 spiro atoms. The van der Waals surface area contributed by atoms with Crippen LogP contribution in [0.1, 0.15) is 43.6 Å². The fourth-order valence-corrected chi connectivity index (χ4v) is 2.97. The van der Waals surface area contributed by atoms with Crippen molar-refractivity contribution in [2.24, 2.45) is 5.92 Å². The fraction of sp³-hybridized carbons (Fsp3) is 0.533. The molecule has 1 aliphatic rings. The summed E-state index contributed by atoms with van der Waals surface area (Å²) in [6, 6.07) is 4.55. The summed E-state index contributed by atoms with van der Waals surface area (Å²) in [4.78, 5) is 11.7. The highest BCUT2D eigenvalue weighted by molar-refractivity contribution is 5.80. The van der Waals surface area contributed by atoms with Crippen LogP contribution in [-0.4, -0.2) is 27.7 Å². The van der Waals surface area contributed by atoms with Crippen LogP contribution in [0.4, 0.5) is 0 Å². The monoisotopic (exact) mass is 264 g/mol. The third-order valence-corrected chi connectivity index (χ3v) is 3.96. The smallest absolute Gasteiger partial charge is 0.133 e. The molecule has 0 heterocycles. The third kappa shape index (κ3) is 3.26. The highest BCUT2D eigenvalue weighted by Crippen LogP contribution is 2.42. The van der Waals surface area contributed by atoms with Crippen LogP contribution in [-0.2, 0) is 4.79 Å². The van der Waals surface area contributed by atoms with Crippen LogP contribution in [0.5, 0.6) is 11.5 Å². The van der Waals surface area contributed by atoms with E-state index in [9.17, 15) is 15.0 Å². The first-order chi connectivity index (χ1) is 9.11. The van der Waals surface area contributed by atoms with Crippen molar-refractivity contribution in [3.05, 3.63) is 23.8 Å². The Balaban J connectivity index is 2.23. The lowest BCUT2D eigenvalue weighted by molar-refractivity contribution is -0.121. The Kier molecular flexibility index (Phi) is 4.43. The van der Waals surface area contributed by atoms with Crippen molar-refractivity contribution in [2.75, 3.05) is 6.61 Å². The molecule has 1 aliphatic carbocycles. The van der Waals surface area contributed by atoms with E-state index in [0.29, 0.717) is 25.2 Å². The number of benzene rings is 1. The Morgan fingerprint density at radius 1 is 1.26 bits per heavy atom. The van der Waals surface area contributed by atoms with Crippen LogP contribution in [0.25, 0.3) is 0 Å². The van der Waals surface area contributed by atoms with Gasteiger partial charge in [0.15, 0.2) is 0 Å². The summed E-state index contributed by atoms with van der Waals surface area (Å²) in [5.41, 5.74) is 0.730. The molecule has 4 nitrogen and oxygen atoms in total. The van der Waals surface area contributed by atoms with Crippen molar-refractivity contribution in [2.45, 2.75) is 38.0 Å². The predicted octanol–water partition coefficient (Wildman–Crippen LogP) is 2.32. The number of phenols is 2. The minimum Gasteiger partial charge on any atom is -0.508 e. The van der Waals surface area contributed by atoms with E-state index in [4.69, 9.17) is 5.11 Å². The van der Waals surface area contributed by atoms with E-state index in [0.717, 1.165) is 18.4 Å². The Labute approximate surface area is 112 Å². The molecule has 2 unspecified atom stereocenters. The molecule has 0 aliphatic heterocycles. The summed E-state index contributed by atoms with van der Waals surface area (Å²) >= 11 is 0. The number of rotatable bonds is 4. The molecule has 1 aromatic carbocycles. The van der Waals surface area contributed by atoms with Gasteiger partial charge in [0.25, 0.3) is 0 Å². The molecule has 104 valence electrons. The number of aliphatic hydroxyl groups is 1. The summed E-state index contributed by atoms with van der Waals surface area (Å²) in [7, 11) is 0. The summed E-state index contributed by atoms with van der Waals surface area (Å²) in [5, 5.41) is 28.2. The number of hydrogen-bond donors (Lipinski definition) is 3. The number of carbonyl (C=O) groups excluding carboxylic acids is 1. The maximum absolute atomic E-state index is 11.7. The minimum atomic E-state index is -0.00611. The molecular weight excluding hydrogens is 244 g/mol. The second-order valence-corrected chi connectivity index (χ2v) is 5.26. The molecule has 2 atom stereocenters. The summed E-state index contributed by atoms with van der Waals surface area (Å²) in [6.45, 7) is 0.152. The van der Waals surface area contributed by atoms with Crippen LogP contribution < -0.4 is 0 Å². The van der Waals surface area contributed by atoms with Crippen molar-refractivity contribution >= 4 is 5.78 Å². The molecule has 0 bridgehead atoms. The Hall–Kier alpha value is -1.55. The Morgan fingerprint density at radius 2 is 2.05 bits per heavy atom. The van der Waals surface area contributed by atoms with Gasteiger partial charge in [-0.3, -0.25) is 4.79 Å². The molecule has 0 radical (unpaired) electrons. The van der Waals surface area contributed by atoms with Gasteiger partial charge < -0.3 is 15.3 Å². The molecule has 0 aromatic heterocycles. The zero-order valence-corrected chi connectivity index (χ0v) is 10.9. The zero-order chi connectivity index (χ0) is 13.8. The Bertz CT molecular complexity index is 455. The second kappa shape index (κ2) is 6.06. The average Bonchev–Trinajstić information content (AvgIpc) is 2.37. The van der Waals surface area contributed by atoms with E-state index in [1.165, 1.54) is 12.1 Å². The Morgan fingerprint density at radius 3 is 2.74 bits per heavy atom. The normalized spacial score (nSPS) is 23.5. The van der Waals surface area contributed by atoms with E-state index in [2.05, 4.69) is 0 Å². The summed E-state index contributed by atoms with van der Waals surface area (Å²) in [6.07, 6.45) is 3.41. The number of aromatic hydroxyl groups is 2. The van der Waals surface area contributed by atoms with Crippen molar-refractivity contribution in [1.29, 1.82) is 0 Å². The number of ketones is 1. The molecule has 1 saturated carbocycles. The van der Waals surface area contributed by atoms with Crippen molar-refractivity contribution in [1.82, 2.24) is 0 Å². The van der Waals surface area contributed by atoms with Gasteiger partial charge in [0.05, 0.1) is 0 Å². The highest BCUT2D eigenvalue weighted by Gasteiger charge is 2.31. The van der Waals surface area contributed by atoms with Gasteiger partial charge in [-0.25, -0.2) is 0 Å². The lowest BCUT2D eigenvalue weighted by Gasteiger charge is -2.31. The SMILES string of the molecule is O=C1CCC(CCCO)C(c2ccc(O)cc2O)C1. The first-order valence-corrected chi connectivity index (χ1v) is 6.76. The standard InChI is InChI=1S/C15H20O4/c16-7-1-2-10-3-4-11(17)8-14(10)13-6-5-12(18)9-15(13)19/h5-6,9-10,14,16,18-19H,1-4,7-8H2. The quantitative estimate of drug-likeness (QED) is 0.780. The van der Waals surface area contributed by atoms with E-state index < -0.39 is 0 Å². The summed E-state index contributed by atoms with van der Waals surface area (Å²) in [5.74, 6) is 0.593. The molecule has 4 heteroatoms. The van der Waals surface area contributed by atoms with E-state index in [1.807, 2.05) is 0 Å². The molecule has 3 N–H and O–H groups in total. The van der Waals surface area contributed by atoms with Crippen LogP contribution in [0, 0.1) is 5.92 Å². The largest absolute Gasteiger partial charge is 0.508 e. The van der Waals surface area contributed by atoms with Crippen molar-refractivity contribution < 1.29 is 20.1 Å². The molecule has 2 rings (SSSR count). The van der Waals surface area contributed by atoms with Crippen LogP contribution in [0.2, 0.25) is 0 Å². The zero-order valence-electron chi connectivity index (χ0n) is 10.9. The maximum Gasteiger partial charge on any atom is 0.133 e. The number of carbonyl (C=O) groups is 1. The summed E-state index contributed by atoms with van der Waals surface area (Å²) < 4.78 is 0. The number of hydrogen-bond acceptors (Lipinski definition) is 4. The van der Waals surface area contributed by atoms with Gasteiger partial charge in [-0.05, 0) is 42.7 Å². The van der Waals surface area contributed by atoms with Gasteiger partial charge in [-0.1, -0.05) is 6.07 Å². The fourth-order valence-electron chi connectivity index (χ4n) is 2.97. The second-order valence-electron chi connectivity index (χ2n) is 5.26. The molecule has 1 fully saturated rings. The molecule has 0 amide bonds. The molecular formula is C15H20O4. The van der Waals surface area contributed by atoms with E-state index in [1.54, 1.807) is 6.07 Å². The number of Topliss-reactive ketones (excluding diaryl/α,β-unsaturated/α-hetero) is 1. The van der Waals surface area contributed by atoms with Gasteiger partial charge in [0.2, 0.25) is 0 Å². The molecule has 0 saturated heterocycles. The van der Waals surface area contributed by atoms with E-state index >= 15 is 0 Å². The number of phenolic OH excluding ortho intramolecular Hbond substituents is 2. The molecule has 19 heavy (non-hydrogen) atoms. The lowest BCUT2D eigenvalue weighted by atomic mass is 9.73. The van der Waals surface area contributed by atoms with Gasteiger partial charge in [0.1, 0.15) is 17.3 Å². The van der Waals surface area contributed by atoms with Gasteiger partial charge >= 0.3 is 0 Å².